The lowest BCUT2D eigenvalue weighted by atomic mass is 10.1. The van der Waals surface area contributed by atoms with Gasteiger partial charge in [-0.05, 0) is 24.1 Å². The third kappa shape index (κ3) is 4.60. The van der Waals surface area contributed by atoms with Crippen LogP contribution >= 0.6 is 11.8 Å². The molecule has 4 aromatic rings. The second-order valence-electron chi connectivity index (χ2n) is 6.79. The van der Waals surface area contributed by atoms with Gasteiger partial charge in [0.15, 0.2) is 16.8 Å². The first-order chi connectivity index (χ1) is 14.7. The highest BCUT2D eigenvalue weighted by atomic mass is 32.2. The highest BCUT2D eigenvalue weighted by Gasteiger charge is 2.18. The van der Waals surface area contributed by atoms with E-state index in [0.717, 1.165) is 6.42 Å². The molecule has 0 bridgehead atoms. The van der Waals surface area contributed by atoms with E-state index in [4.69, 9.17) is 0 Å². The number of carbonyl (C=O) groups is 1. The summed E-state index contributed by atoms with van der Waals surface area (Å²) in [5.41, 5.74) is 2.51. The van der Waals surface area contributed by atoms with Gasteiger partial charge in [-0.3, -0.25) is 4.79 Å². The number of hydrogen-bond donors (Lipinski definition) is 1. The normalized spacial score (nSPS) is 10.8. The molecule has 3 aromatic carbocycles. The maximum absolute atomic E-state index is 12.5. The largest absolute Gasteiger partial charge is 0.507 e. The van der Waals surface area contributed by atoms with Crippen molar-refractivity contribution in [2.75, 3.05) is 5.75 Å². The van der Waals surface area contributed by atoms with E-state index in [0.29, 0.717) is 28.7 Å². The fourth-order valence-electron chi connectivity index (χ4n) is 3.18. The second-order valence-corrected chi connectivity index (χ2v) is 7.73. The number of phenols is 1. The summed E-state index contributed by atoms with van der Waals surface area (Å²) >= 11 is 1.36. The minimum Gasteiger partial charge on any atom is -0.507 e. The average molecular weight is 416 g/mol. The molecule has 30 heavy (non-hydrogen) atoms. The quantitative estimate of drug-likeness (QED) is 0.328. The summed E-state index contributed by atoms with van der Waals surface area (Å²) in [4.78, 5) is 12.5. The van der Waals surface area contributed by atoms with Crippen molar-refractivity contribution in [2.45, 2.75) is 18.1 Å². The Morgan fingerprint density at radius 3 is 2.27 bits per heavy atom. The number of thioether (sulfide) groups is 1. The van der Waals surface area contributed by atoms with Gasteiger partial charge in [-0.2, -0.15) is 0 Å². The minimum absolute atomic E-state index is 0.0438. The van der Waals surface area contributed by atoms with Crippen molar-refractivity contribution in [1.29, 1.82) is 0 Å². The number of phenolic OH excluding ortho intramolecular Hbond substituents is 1. The van der Waals surface area contributed by atoms with Crippen molar-refractivity contribution in [3.63, 3.8) is 0 Å². The molecule has 0 aliphatic heterocycles. The van der Waals surface area contributed by atoms with Crippen LogP contribution in [0.4, 0.5) is 0 Å². The molecule has 0 saturated carbocycles. The number of hydrogen-bond acceptors (Lipinski definition) is 5. The summed E-state index contributed by atoms with van der Waals surface area (Å²) in [6.07, 6.45) is 0.791. The van der Waals surface area contributed by atoms with Crippen molar-refractivity contribution in [3.8, 4) is 17.1 Å². The molecule has 0 fully saturated rings. The van der Waals surface area contributed by atoms with Crippen LogP contribution in [0.5, 0.6) is 5.75 Å². The van der Waals surface area contributed by atoms with E-state index in [-0.39, 0.29) is 17.3 Å². The number of aromatic hydroxyl groups is 1. The Bertz CT molecular complexity index is 1130. The molecular weight excluding hydrogens is 394 g/mol. The standard InChI is InChI=1S/C24H21N3O2S/c28-21-14-8-7-13-20(21)23-25-26-24(27(23)16-15-18-9-3-1-4-10-18)30-17-22(29)19-11-5-2-6-12-19/h1-14,28H,15-17H2. The molecule has 4 rings (SSSR count). The van der Waals surface area contributed by atoms with Crippen LogP contribution in [0.1, 0.15) is 15.9 Å². The number of Topliss-reactive ketones (excluding diaryl/α,β-unsaturated/α-hetero) is 1. The van der Waals surface area contributed by atoms with Crippen LogP contribution in [-0.2, 0) is 13.0 Å². The van der Waals surface area contributed by atoms with Crippen molar-refractivity contribution in [1.82, 2.24) is 14.8 Å². The van der Waals surface area contributed by atoms with Gasteiger partial charge in [0, 0.05) is 12.1 Å². The number of carbonyl (C=O) groups excluding carboxylic acids is 1. The maximum Gasteiger partial charge on any atom is 0.191 e. The topological polar surface area (TPSA) is 68.0 Å². The van der Waals surface area contributed by atoms with Crippen molar-refractivity contribution < 1.29 is 9.90 Å². The number of aromatic nitrogens is 3. The van der Waals surface area contributed by atoms with E-state index in [2.05, 4.69) is 22.3 Å². The summed E-state index contributed by atoms with van der Waals surface area (Å²) < 4.78 is 1.98. The molecule has 0 aliphatic carbocycles. The fraction of sp³-hybridized carbons (Fsp3) is 0.125. The first-order valence-electron chi connectivity index (χ1n) is 9.69. The molecule has 6 heteroatoms. The highest BCUT2D eigenvalue weighted by molar-refractivity contribution is 7.99. The van der Waals surface area contributed by atoms with Gasteiger partial charge in [0.25, 0.3) is 0 Å². The average Bonchev–Trinajstić information content (AvgIpc) is 3.20. The van der Waals surface area contributed by atoms with Gasteiger partial charge in [-0.15, -0.1) is 10.2 Å². The Morgan fingerprint density at radius 1 is 0.867 bits per heavy atom. The predicted octanol–water partition coefficient (Wildman–Crippen LogP) is 4.87. The smallest absolute Gasteiger partial charge is 0.191 e. The molecule has 150 valence electrons. The SMILES string of the molecule is O=C(CSc1nnc(-c2ccccc2O)n1CCc1ccccc1)c1ccccc1. The zero-order valence-corrected chi connectivity index (χ0v) is 17.1. The Labute approximate surface area is 179 Å². The third-order valence-corrected chi connectivity index (χ3v) is 5.72. The molecule has 1 aromatic heterocycles. The van der Waals surface area contributed by atoms with E-state index in [1.807, 2.05) is 65.2 Å². The van der Waals surface area contributed by atoms with E-state index in [9.17, 15) is 9.90 Å². The lowest BCUT2D eigenvalue weighted by Crippen LogP contribution is -2.08. The molecular formula is C24H21N3O2S. The zero-order valence-electron chi connectivity index (χ0n) is 16.3. The van der Waals surface area contributed by atoms with Crippen LogP contribution in [-0.4, -0.2) is 31.4 Å². The van der Waals surface area contributed by atoms with E-state index in [1.165, 1.54) is 17.3 Å². The minimum atomic E-state index is 0.0438. The Balaban J connectivity index is 1.59. The van der Waals surface area contributed by atoms with Gasteiger partial charge in [0.2, 0.25) is 0 Å². The first kappa shape index (κ1) is 19.9. The molecule has 1 heterocycles. The number of para-hydroxylation sites is 1. The van der Waals surface area contributed by atoms with Crippen molar-refractivity contribution in [3.05, 3.63) is 96.1 Å². The summed E-state index contributed by atoms with van der Waals surface area (Å²) in [7, 11) is 0. The number of nitrogens with zero attached hydrogens (tertiary/aromatic N) is 3. The molecule has 0 spiro atoms. The number of rotatable bonds is 8. The van der Waals surface area contributed by atoms with Gasteiger partial charge >= 0.3 is 0 Å². The Morgan fingerprint density at radius 2 is 1.53 bits per heavy atom. The van der Waals surface area contributed by atoms with E-state index >= 15 is 0 Å². The lowest BCUT2D eigenvalue weighted by Gasteiger charge is -2.11. The Hall–Kier alpha value is -3.38. The predicted molar refractivity (Wildman–Crippen MR) is 119 cm³/mol. The summed E-state index contributed by atoms with van der Waals surface area (Å²) in [5.74, 6) is 1.07. The third-order valence-electron chi connectivity index (χ3n) is 4.76. The summed E-state index contributed by atoms with van der Waals surface area (Å²) in [5, 5.41) is 19.6. The van der Waals surface area contributed by atoms with Gasteiger partial charge in [-0.25, -0.2) is 0 Å². The van der Waals surface area contributed by atoms with Crippen LogP contribution in [0.2, 0.25) is 0 Å². The molecule has 0 radical (unpaired) electrons. The summed E-state index contributed by atoms with van der Waals surface area (Å²) in [6, 6.07) is 26.5. The summed E-state index contributed by atoms with van der Waals surface area (Å²) in [6.45, 7) is 0.641. The van der Waals surface area contributed by atoms with Crippen molar-refractivity contribution >= 4 is 17.5 Å². The maximum atomic E-state index is 12.5. The molecule has 0 saturated heterocycles. The van der Waals surface area contributed by atoms with Crippen LogP contribution in [0, 0.1) is 0 Å². The van der Waals surface area contributed by atoms with Crippen LogP contribution < -0.4 is 0 Å². The monoisotopic (exact) mass is 415 g/mol. The van der Waals surface area contributed by atoms with E-state index < -0.39 is 0 Å². The van der Waals surface area contributed by atoms with Crippen LogP contribution in [0.3, 0.4) is 0 Å². The second kappa shape index (κ2) is 9.41. The lowest BCUT2D eigenvalue weighted by molar-refractivity contribution is 0.102. The van der Waals surface area contributed by atoms with Gasteiger partial charge in [0.1, 0.15) is 5.75 Å². The molecule has 0 unspecified atom stereocenters. The van der Waals surface area contributed by atoms with Crippen LogP contribution in [0.25, 0.3) is 11.4 Å². The zero-order chi connectivity index (χ0) is 20.8. The molecule has 0 atom stereocenters. The number of aryl methyl sites for hydroxylation is 1. The molecule has 0 amide bonds. The number of benzene rings is 3. The molecule has 5 nitrogen and oxygen atoms in total. The van der Waals surface area contributed by atoms with Crippen LogP contribution in [0.15, 0.2) is 90.1 Å². The first-order valence-corrected chi connectivity index (χ1v) is 10.7. The molecule has 1 N–H and O–H groups in total. The van der Waals surface area contributed by atoms with Gasteiger partial charge in [-0.1, -0.05) is 84.6 Å². The number of ketones is 1. The van der Waals surface area contributed by atoms with Gasteiger partial charge in [0.05, 0.1) is 11.3 Å². The molecule has 0 aliphatic rings. The highest BCUT2D eigenvalue weighted by Crippen LogP contribution is 2.30. The van der Waals surface area contributed by atoms with Gasteiger partial charge < -0.3 is 9.67 Å². The Kier molecular flexibility index (Phi) is 6.25. The van der Waals surface area contributed by atoms with Crippen molar-refractivity contribution in [2.24, 2.45) is 0 Å². The fourth-order valence-corrected chi connectivity index (χ4v) is 4.04. The van der Waals surface area contributed by atoms with E-state index in [1.54, 1.807) is 12.1 Å².